The number of para-hydroxylation sites is 1. The molecule has 1 heterocycles. The molecule has 1 saturated heterocycles. The predicted octanol–water partition coefficient (Wildman–Crippen LogP) is 4.92. The molecule has 2 aromatic rings. The molecule has 1 saturated carbocycles. The maximum Gasteiger partial charge on any atom is 0.240 e. The number of carbonyl (C=O) groups is 2. The van der Waals surface area contributed by atoms with E-state index >= 15 is 0 Å². The largest absolute Gasteiger partial charge is 0.308 e. The van der Waals surface area contributed by atoms with Gasteiger partial charge in [-0.3, -0.25) is 14.6 Å². The monoisotopic (exact) mass is 435 g/mol. The Morgan fingerprint density at radius 2 is 1.61 bits per heavy atom. The summed E-state index contributed by atoms with van der Waals surface area (Å²) < 4.78 is 0. The van der Waals surface area contributed by atoms with Crippen LogP contribution in [0.3, 0.4) is 0 Å². The van der Waals surface area contributed by atoms with Gasteiger partial charge >= 0.3 is 0 Å². The van der Waals surface area contributed by atoms with Gasteiger partial charge in [-0.15, -0.1) is 0 Å². The van der Waals surface area contributed by atoms with E-state index in [2.05, 4.69) is 5.32 Å². The zero-order valence-electron chi connectivity index (χ0n) is 17.7. The minimum absolute atomic E-state index is 0.0570. The summed E-state index contributed by atoms with van der Waals surface area (Å²) >= 11 is 1.41. The van der Waals surface area contributed by atoms with Crippen molar-refractivity contribution in [3.8, 4) is 0 Å². The van der Waals surface area contributed by atoms with Gasteiger partial charge < -0.3 is 10.2 Å². The molecule has 6 heteroatoms. The number of carbonyl (C=O) groups excluding carboxylic acids is 2. The highest BCUT2D eigenvalue weighted by Crippen LogP contribution is 2.28. The number of hydrogen-bond donors (Lipinski definition) is 1. The average molecular weight is 436 g/mol. The van der Waals surface area contributed by atoms with E-state index in [4.69, 9.17) is 4.99 Å². The molecule has 0 radical (unpaired) electrons. The van der Waals surface area contributed by atoms with E-state index in [0.29, 0.717) is 17.8 Å². The van der Waals surface area contributed by atoms with Crippen molar-refractivity contribution in [3.63, 3.8) is 0 Å². The quantitative estimate of drug-likeness (QED) is 0.655. The fraction of sp³-hybridized carbons (Fsp3) is 0.400. The van der Waals surface area contributed by atoms with Crippen LogP contribution in [0.25, 0.3) is 0 Å². The van der Waals surface area contributed by atoms with Gasteiger partial charge in [-0.1, -0.05) is 86.0 Å². The second-order valence-electron chi connectivity index (χ2n) is 8.18. The maximum absolute atomic E-state index is 13.3. The van der Waals surface area contributed by atoms with Crippen LogP contribution in [0.4, 0.5) is 5.69 Å². The summed E-state index contributed by atoms with van der Waals surface area (Å²) in [6, 6.07) is 19.9. The Labute approximate surface area is 188 Å². The third-order valence-electron chi connectivity index (χ3n) is 5.81. The molecule has 2 aromatic carbocycles. The van der Waals surface area contributed by atoms with Crippen molar-refractivity contribution in [3.05, 3.63) is 66.2 Å². The molecule has 2 fully saturated rings. The number of hydrogen-bond acceptors (Lipinski definition) is 4. The molecule has 0 bridgehead atoms. The van der Waals surface area contributed by atoms with Gasteiger partial charge in [0.25, 0.3) is 0 Å². The van der Waals surface area contributed by atoms with Crippen molar-refractivity contribution in [1.82, 2.24) is 5.32 Å². The highest BCUT2D eigenvalue weighted by Gasteiger charge is 2.34. The van der Waals surface area contributed by atoms with E-state index in [0.717, 1.165) is 24.1 Å². The first-order chi connectivity index (χ1) is 15.2. The molecule has 5 nitrogen and oxygen atoms in total. The van der Waals surface area contributed by atoms with Crippen LogP contribution in [0, 0.1) is 0 Å². The van der Waals surface area contributed by atoms with Crippen LogP contribution in [0.2, 0.25) is 0 Å². The highest BCUT2D eigenvalue weighted by molar-refractivity contribution is 8.15. The Hall–Kier alpha value is -2.60. The van der Waals surface area contributed by atoms with E-state index in [9.17, 15) is 9.59 Å². The van der Waals surface area contributed by atoms with E-state index < -0.39 is 5.25 Å². The lowest BCUT2D eigenvalue weighted by Crippen LogP contribution is -2.35. The number of rotatable bonds is 6. The molecule has 2 amide bonds. The van der Waals surface area contributed by atoms with Gasteiger partial charge in [0.15, 0.2) is 5.17 Å². The zero-order valence-corrected chi connectivity index (χ0v) is 18.5. The van der Waals surface area contributed by atoms with Gasteiger partial charge in [0, 0.05) is 12.1 Å². The number of aliphatic imine (C=N–C) groups is 1. The summed E-state index contributed by atoms with van der Waals surface area (Å²) in [6.45, 7) is 0.478. The second kappa shape index (κ2) is 10.6. The first kappa shape index (κ1) is 21.6. The first-order valence-corrected chi connectivity index (χ1v) is 12.0. The van der Waals surface area contributed by atoms with E-state index in [-0.39, 0.29) is 18.2 Å². The Kier molecular flexibility index (Phi) is 7.41. The summed E-state index contributed by atoms with van der Waals surface area (Å²) in [4.78, 5) is 32.4. The van der Waals surface area contributed by atoms with Crippen LogP contribution in [0.1, 0.15) is 50.5 Å². The number of anilines is 1. The van der Waals surface area contributed by atoms with Crippen molar-refractivity contribution in [2.45, 2.75) is 62.8 Å². The van der Waals surface area contributed by atoms with Crippen molar-refractivity contribution in [1.29, 1.82) is 0 Å². The molecule has 0 spiro atoms. The summed E-state index contributed by atoms with van der Waals surface area (Å²) in [5, 5.41) is 3.16. The lowest BCUT2D eigenvalue weighted by Gasteiger charge is -2.24. The van der Waals surface area contributed by atoms with Crippen LogP contribution in [0.15, 0.2) is 65.7 Å². The zero-order chi connectivity index (χ0) is 21.5. The lowest BCUT2D eigenvalue weighted by molar-refractivity contribution is -0.123. The van der Waals surface area contributed by atoms with E-state index in [1.807, 2.05) is 60.7 Å². The Morgan fingerprint density at radius 3 is 2.29 bits per heavy atom. The van der Waals surface area contributed by atoms with E-state index in [1.165, 1.54) is 37.4 Å². The van der Waals surface area contributed by atoms with Gasteiger partial charge in [-0.05, 0) is 30.5 Å². The van der Waals surface area contributed by atoms with Crippen LogP contribution in [-0.4, -0.2) is 28.3 Å². The third-order valence-corrected chi connectivity index (χ3v) is 6.91. The molecule has 1 N–H and O–H groups in total. The third kappa shape index (κ3) is 5.97. The van der Waals surface area contributed by atoms with Crippen LogP contribution in [0.5, 0.6) is 0 Å². The van der Waals surface area contributed by atoms with Crippen LogP contribution < -0.4 is 10.2 Å². The highest BCUT2D eigenvalue weighted by atomic mass is 32.2. The Bertz CT molecular complexity index is 909. The second-order valence-corrected chi connectivity index (χ2v) is 9.37. The summed E-state index contributed by atoms with van der Waals surface area (Å²) in [5.74, 6) is -0.170. The fourth-order valence-corrected chi connectivity index (χ4v) is 5.15. The molecule has 162 valence electrons. The number of amidine groups is 1. The molecule has 0 aromatic heterocycles. The first-order valence-electron chi connectivity index (χ1n) is 11.1. The van der Waals surface area contributed by atoms with Gasteiger partial charge in [0.1, 0.15) is 5.25 Å². The lowest BCUT2D eigenvalue weighted by atomic mass is 10.1. The predicted molar refractivity (Wildman–Crippen MR) is 127 cm³/mol. The molecule has 1 atom stereocenters. The molecule has 31 heavy (non-hydrogen) atoms. The van der Waals surface area contributed by atoms with Crippen molar-refractivity contribution in [2.75, 3.05) is 4.90 Å². The minimum Gasteiger partial charge on any atom is -0.308 e. The SMILES string of the molecule is O=C1NC(=NC2CCCCCC2)SC1CC(=O)N(Cc1ccccc1)c1ccccc1. The van der Waals surface area contributed by atoms with Gasteiger partial charge in [-0.25, -0.2) is 0 Å². The van der Waals surface area contributed by atoms with Crippen LogP contribution in [-0.2, 0) is 16.1 Å². The topological polar surface area (TPSA) is 61.8 Å². The van der Waals surface area contributed by atoms with Gasteiger partial charge in [0.2, 0.25) is 11.8 Å². The van der Waals surface area contributed by atoms with E-state index in [1.54, 1.807) is 4.90 Å². The van der Waals surface area contributed by atoms with Crippen molar-refractivity contribution >= 4 is 34.4 Å². The number of thioether (sulfide) groups is 1. The Morgan fingerprint density at radius 1 is 0.968 bits per heavy atom. The molecular formula is C25H29N3O2S. The molecular weight excluding hydrogens is 406 g/mol. The fourth-order valence-electron chi connectivity index (χ4n) is 4.12. The average Bonchev–Trinajstić information content (AvgIpc) is 2.97. The minimum atomic E-state index is -0.431. The number of benzene rings is 2. The van der Waals surface area contributed by atoms with Crippen molar-refractivity contribution in [2.24, 2.45) is 4.99 Å². The summed E-state index contributed by atoms with van der Waals surface area (Å²) in [7, 11) is 0. The van der Waals surface area contributed by atoms with Gasteiger partial charge in [-0.2, -0.15) is 0 Å². The number of nitrogens with one attached hydrogen (secondary N) is 1. The standard InChI is InChI=1S/C25H29N3O2S/c29-23(28(21-15-9-4-10-16-21)18-19-11-5-3-6-12-19)17-22-24(30)27-25(31-22)26-20-13-7-1-2-8-14-20/h3-6,9-12,15-16,20,22H,1-2,7-8,13-14,17-18H2,(H,26,27,30). The number of amides is 2. The van der Waals surface area contributed by atoms with Crippen LogP contribution >= 0.6 is 11.8 Å². The van der Waals surface area contributed by atoms with Crippen molar-refractivity contribution < 1.29 is 9.59 Å². The van der Waals surface area contributed by atoms with Gasteiger partial charge in [0.05, 0.1) is 12.6 Å². The molecule has 1 aliphatic heterocycles. The Balaban J connectivity index is 1.44. The molecule has 2 aliphatic rings. The molecule has 4 rings (SSSR count). The smallest absolute Gasteiger partial charge is 0.240 e. The number of nitrogens with zero attached hydrogens (tertiary/aromatic N) is 2. The summed E-state index contributed by atoms with van der Waals surface area (Å²) in [6.07, 6.45) is 7.27. The maximum atomic E-state index is 13.3. The molecule has 1 unspecified atom stereocenters. The normalized spacial score (nSPS) is 21.0. The summed E-state index contributed by atoms with van der Waals surface area (Å²) in [5.41, 5.74) is 1.89. The molecule has 1 aliphatic carbocycles.